The zero-order valence-corrected chi connectivity index (χ0v) is 6.40. The lowest BCUT2D eigenvalue weighted by Crippen LogP contribution is -2.12. The average Bonchev–Trinajstić information content (AvgIpc) is 2.43. The molecule has 0 radical (unpaired) electrons. The van der Waals surface area contributed by atoms with Gasteiger partial charge in [-0.2, -0.15) is 0 Å². The van der Waals surface area contributed by atoms with Crippen molar-refractivity contribution in [2.75, 3.05) is 0 Å². The fourth-order valence-corrected chi connectivity index (χ4v) is 1.72. The Balaban J connectivity index is 2.62. The standard InChI is InChI=1S/C8H14O/c1-4-8(7(3)9)5-6(8)2/h6H,4-5H2,1-3H3/t6-,8-/m1/s1. The number of rotatable bonds is 2. The summed E-state index contributed by atoms with van der Waals surface area (Å²) < 4.78 is 0. The maximum atomic E-state index is 11.0. The topological polar surface area (TPSA) is 17.1 Å². The van der Waals surface area contributed by atoms with E-state index in [-0.39, 0.29) is 5.41 Å². The monoisotopic (exact) mass is 126 g/mol. The molecular formula is C8H14O. The minimum atomic E-state index is 0.111. The number of ketones is 1. The molecule has 0 heterocycles. The third-order valence-corrected chi connectivity index (χ3v) is 2.79. The van der Waals surface area contributed by atoms with Gasteiger partial charge in [-0.3, -0.25) is 4.79 Å². The van der Waals surface area contributed by atoms with E-state index in [4.69, 9.17) is 0 Å². The van der Waals surface area contributed by atoms with Crippen molar-refractivity contribution in [1.82, 2.24) is 0 Å². The van der Waals surface area contributed by atoms with Crippen LogP contribution in [0.2, 0.25) is 0 Å². The molecule has 0 N–H and O–H groups in total. The lowest BCUT2D eigenvalue weighted by molar-refractivity contribution is -0.122. The lowest BCUT2D eigenvalue weighted by atomic mass is 9.96. The Morgan fingerprint density at radius 2 is 2.22 bits per heavy atom. The summed E-state index contributed by atoms with van der Waals surface area (Å²) in [7, 11) is 0. The maximum absolute atomic E-state index is 11.0. The quantitative estimate of drug-likeness (QED) is 0.553. The normalized spacial score (nSPS) is 40.6. The van der Waals surface area contributed by atoms with E-state index in [1.54, 1.807) is 6.92 Å². The molecule has 9 heavy (non-hydrogen) atoms. The van der Waals surface area contributed by atoms with Crippen molar-refractivity contribution in [1.29, 1.82) is 0 Å². The van der Waals surface area contributed by atoms with Crippen LogP contribution < -0.4 is 0 Å². The van der Waals surface area contributed by atoms with Crippen molar-refractivity contribution in [3.8, 4) is 0 Å². The molecule has 0 aromatic carbocycles. The van der Waals surface area contributed by atoms with Gasteiger partial charge in [0, 0.05) is 5.41 Å². The zero-order chi connectivity index (χ0) is 7.07. The Morgan fingerprint density at radius 3 is 2.22 bits per heavy atom. The summed E-state index contributed by atoms with van der Waals surface area (Å²) >= 11 is 0. The molecule has 1 heteroatoms. The predicted molar refractivity (Wildman–Crippen MR) is 37.2 cm³/mol. The molecule has 0 saturated heterocycles. The minimum absolute atomic E-state index is 0.111. The second-order valence-corrected chi connectivity index (χ2v) is 3.17. The van der Waals surface area contributed by atoms with Crippen LogP contribution in [-0.4, -0.2) is 5.78 Å². The first-order valence-electron chi connectivity index (χ1n) is 3.64. The summed E-state index contributed by atoms with van der Waals surface area (Å²) in [5, 5.41) is 0. The molecule has 1 saturated carbocycles. The number of carbonyl (C=O) groups is 1. The molecule has 0 amide bonds. The van der Waals surface area contributed by atoms with Crippen molar-refractivity contribution in [3.05, 3.63) is 0 Å². The third-order valence-electron chi connectivity index (χ3n) is 2.79. The Labute approximate surface area is 56.4 Å². The Kier molecular flexibility index (Phi) is 1.38. The largest absolute Gasteiger partial charge is 0.299 e. The molecule has 52 valence electrons. The van der Waals surface area contributed by atoms with Crippen LogP contribution in [0.3, 0.4) is 0 Å². The van der Waals surface area contributed by atoms with Crippen LogP contribution in [0.25, 0.3) is 0 Å². The van der Waals surface area contributed by atoms with Crippen molar-refractivity contribution >= 4 is 5.78 Å². The molecule has 1 aliphatic carbocycles. The first-order chi connectivity index (χ1) is 4.13. The van der Waals surface area contributed by atoms with Crippen LogP contribution in [0, 0.1) is 11.3 Å². The van der Waals surface area contributed by atoms with Gasteiger partial charge in [-0.05, 0) is 25.7 Å². The fourth-order valence-electron chi connectivity index (χ4n) is 1.72. The Morgan fingerprint density at radius 1 is 1.78 bits per heavy atom. The van der Waals surface area contributed by atoms with Crippen molar-refractivity contribution < 1.29 is 4.79 Å². The van der Waals surface area contributed by atoms with Gasteiger partial charge >= 0.3 is 0 Å². The summed E-state index contributed by atoms with van der Waals surface area (Å²) in [6.07, 6.45) is 2.16. The highest BCUT2D eigenvalue weighted by atomic mass is 16.1. The van der Waals surface area contributed by atoms with Gasteiger partial charge in [0.2, 0.25) is 0 Å². The highest BCUT2D eigenvalue weighted by molar-refractivity contribution is 5.85. The molecule has 0 unspecified atom stereocenters. The molecule has 1 nitrogen and oxygen atoms in total. The van der Waals surface area contributed by atoms with Crippen LogP contribution in [0.1, 0.15) is 33.6 Å². The van der Waals surface area contributed by atoms with Crippen molar-refractivity contribution in [3.63, 3.8) is 0 Å². The van der Waals surface area contributed by atoms with Gasteiger partial charge in [-0.15, -0.1) is 0 Å². The van der Waals surface area contributed by atoms with Crippen LogP contribution in [0.5, 0.6) is 0 Å². The van der Waals surface area contributed by atoms with Gasteiger partial charge in [-0.25, -0.2) is 0 Å². The van der Waals surface area contributed by atoms with Crippen molar-refractivity contribution in [2.24, 2.45) is 11.3 Å². The number of hydrogen-bond donors (Lipinski definition) is 0. The Bertz CT molecular complexity index is 136. The molecule has 0 bridgehead atoms. The second-order valence-electron chi connectivity index (χ2n) is 3.17. The molecule has 0 aromatic rings. The van der Waals surface area contributed by atoms with E-state index in [1.165, 1.54) is 0 Å². The van der Waals surface area contributed by atoms with E-state index >= 15 is 0 Å². The summed E-state index contributed by atoms with van der Waals surface area (Å²) in [6, 6.07) is 0. The van der Waals surface area contributed by atoms with E-state index in [0.717, 1.165) is 12.8 Å². The number of carbonyl (C=O) groups excluding carboxylic acids is 1. The smallest absolute Gasteiger partial charge is 0.136 e. The van der Waals surface area contributed by atoms with Gasteiger partial charge in [0.25, 0.3) is 0 Å². The van der Waals surface area contributed by atoms with Crippen LogP contribution in [-0.2, 0) is 4.79 Å². The number of hydrogen-bond acceptors (Lipinski definition) is 1. The Hall–Kier alpha value is -0.330. The zero-order valence-electron chi connectivity index (χ0n) is 6.40. The average molecular weight is 126 g/mol. The third kappa shape index (κ3) is 0.790. The predicted octanol–water partition coefficient (Wildman–Crippen LogP) is 2.01. The SMILES string of the molecule is CC[C@@]1(C(C)=O)C[C@H]1C. The van der Waals surface area contributed by atoms with Gasteiger partial charge in [0.05, 0.1) is 0 Å². The second kappa shape index (κ2) is 1.83. The summed E-state index contributed by atoms with van der Waals surface area (Å²) in [6.45, 7) is 5.98. The first kappa shape index (κ1) is 6.79. The molecule has 0 aliphatic heterocycles. The molecule has 1 aliphatic rings. The van der Waals surface area contributed by atoms with Crippen LogP contribution >= 0.6 is 0 Å². The highest BCUT2D eigenvalue weighted by Gasteiger charge is 2.53. The fraction of sp³-hybridized carbons (Fsp3) is 0.875. The van der Waals surface area contributed by atoms with E-state index in [1.807, 2.05) is 0 Å². The van der Waals surface area contributed by atoms with Crippen LogP contribution in [0.15, 0.2) is 0 Å². The van der Waals surface area contributed by atoms with Gasteiger partial charge < -0.3 is 0 Å². The van der Waals surface area contributed by atoms with E-state index < -0.39 is 0 Å². The van der Waals surface area contributed by atoms with E-state index in [9.17, 15) is 4.79 Å². The molecular weight excluding hydrogens is 112 g/mol. The van der Waals surface area contributed by atoms with E-state index in [2.05, 4.69) is 13.8 Å². The van der Waals surface area contributed by atoms with E-state index in [0.29, 0.717) is 11.7 Å². The first-order valence-corrected chi connectivity index (χ1v) is 3.64. The summed E-state index contributed by atoms with van der Waals surface area (Å²) in [5.74, 6) is 1.04. The summed E-state index contributed by atoms with van der Waals surface area (Å²) in [4.78, 5) is 11.0. The van der Waals surface area contributed by atoms with Crippen LogP contribution in [0.4, 0.5) is 0 Å². The minimum Gasteiger partial charge on any atom is -0.299 e. The van der Waals surface area contributed by atoms with Gasteiger partial charge in [-0.1, -0.05) is 13.8 Å². The number of Topliss-reactive ketones (excluding diaryl/α,β-unsaturated/α-hetero) is 1. The summed E-state index contributed by atoms with van der Waals surface area (Å²) in [5.41, 5.74) is 0.111. The maximum Gasteiger partial charge on any atom is 0.136 e. The molecule has 0 aromatic heterocycles. The molecule has 0 spiro atoms. The highest BCUT2D eigenvalue weighted by Crippen LogP contribution is 2.55. The van der Waals surface area contributed by atoms with Gasteiger partial charge in [0.1, 0.15) is 5.78 Å². The molecule has 2 atom stereocenters. The van der Waals surface area contributed by atoms with Crippen molar-refractivity contribution in [2.45, 2.75) is 33.6 Å². The molecule has 1 fully saturated rings. The molecule has 1 rings (SSSR count). The lowest BCUT2D eigenvalue weighted by Gasteiger charge is -2.06. The van der Waals surface area contributed by atoms with Gasteiger partial charge in [0.15, 0.2) is 0 Å².